The lowest BCUT2D eigenvalue weighted by atomic mass is 10.1. The van der Waals surface area contributed by atoms with Gasteiger partial charge >= 0.3 is 5.97 Å². The van der Waals surface area contributed by atoms with Crippen LogP contribution in [0.1, 0.15) is 23.1 Å². The molecule has 0 radical (unpaired) electrons. The number of aliphatic carboxylic acids is 1. The highest BCUT2D eigenvalue weighted by Gasteiger charge is 2.27. The molecule has 0 aliphatic carbocycles. The Morgan fingerprint density at radius 3 is 2.94 bits per heavy atom. The second kappa shape index (κ2) is 5.19. The van der Waals surface area contributed by atoms with Crippen LogP contribution < -0.4 is 0 Å². The molecular weight excluding hydrogens is 228 g/mol. The molecule has 1 aromatic carbocycles. The van der Waals surface area contributed by atoms with Crippen LogP contribution in [0.25, 0.3) is 0 Å². The molecule has 4 nitrogen and oxygen atoms in total. The van der Waals surface area contributed by atoms with Crippen LogP contribution >= 0.6 is 0 Å². The zero-order chi connectivity index (χ0) is 13.1. The van der Waals surface area contributed by atoms with Gasteiger partial charge in [0.25, 0.3) is 0 Å². The SMILES string of the molecule is Cc1cc(C#N)ccc1CN1CCC(C(=O)O)C1. The summed E-state index contributed by atoms with van der Waals surface area (Å²) in [5.74, 6) is -0.933. The molecule has 4 heteroatoms. The molecule has 18 heavy (non-hydrogen) atoms. The third-order valence-electron chi connectivity index (χ3n) is 3.49. The average Bonchev–Trinajstić information content (AvgIpc) is 2.80. The summed E-state index contributed by atoms with van der Waals surface area (Å²) in [6, 6.07) is 7.77. The van der Waals surface area contributed by atoms with E-state index in [4.69, 9.17) is 10.4 Å². The van der Waals surface area contributed by atoms with Crippen LogP contribution in [0.15, 0.2) is 18.2 Å². The third kappa shape index (κ3) is 2.69. The maximum Gasteiger partial charge on any atom is 0.307 e. The summed E-state index contributed by atoms with van der Waals surface area (Å²) in [6.07, 6.45) is 0.727. The van der Waals surface area contributed by atoms with Crippen molar-refractivity contribution in [3.05, 3.63) is 34.9 Å². The lowest BCUT2D eigenvalue weighted by Gasteiger charge is -2.16. The highest BCUT2D eigenvalue weighted by atomic mass is 16.4. The average molecular weight is 244 g/mol. The van der Waals surface area contributed by atoms with E-state index in [2.05, 4.69) is 11.0 Å². The van der Waals surface area contributed by atoms with Gasteiger partial charge in [-0.1, -0.05) is 6.07 Å². The molecule has 94 valence electrons. The highest BCUT2D eigenvalue weighted by molar-refractivity contribution is 5.70. The number of carbonyl (C=O) groups is 1. The van der Waals surface area contributed by atoms with Crippen LogP contribution in [-0.2, 0) is 11.3 Å². The first-order valence-corrected chi connectivity index (χ1v) is 6.05. The van der Waals surface area contributed by atoms with E-state index < -0.39 is 5.97 Å². The van der Waals surface area contributed by atoms with Crippen LogP contribution in [0, 0.1) is 24.2 Å². The van der Waals surface area contributed by atoms with Gasteiger partial charge in [0.2, 0.25) is 0 Å². The smallest absolute Gasteiger partial charge is 0.307 e. The topological polar surface area (TPSA) is 64.3 Å². The van der Waals surface area contributed by atoms with Crippen LogP contribution in [0.5, 0.6) is 0 Å². The zero-order valence-corrected chi connectivity index (χ0v) is 10.4. The van der Waals surface area contributed by atoms with E-state index in [9.17, 15) is 4.79 Å². The van der Waals surface area contributed by atoms with Gasteiger partial charge in [-0.2, -0.15) is 5.26 Å². The predicted octanol–water partition coefficient (Wildman–Crippen LogP) is 1.77. The molecule has 1 aromatic rings. The van der Waals surface area contributed by atoms with Crippen molar-refractivity contribution in [2.75, 3.05) is 13.1 Å². The summed E-state index contributed by atoms with van der Waals surface area (Å²) in [6.45, 7) is 4.20. The van der Waals surface area contributed by atoms with Gasteiger partial charge in [0.15, 0.2) is 0 Å². The molecule has 0 bridgehead atoms. The van der Waals surface area contributed by atoms with Gasteiger partial charge in [-0.3, -0.25) is 9.69 Å². The Morgan fingerprint density at radius 1 is 1.61 bits per heavy atom. The Hall–Kier alpha value is -1.86. The van der Waals surface area contributed by atoms with Gasteiger partial charge in [0.05, 0.1) is 17.6 Å². The lowest BCUT2D eigenvalue weighted by molar-refractivity contribution is -0.141. The van der Waals surface area contributed by atoms with Crippen molar-refractivity contribution < 1.29 is 9.90 Å². The molecule has 1 aliphatic rings. The standard InChI is InChI=1S/C14H16N2O2/c1-10-6-11(7-15)2-3-12(10)8-16-5-4-13(9-16)14(17)18/h2-3,6,13H,4-5,8-9H2,1H3,(H,17,18). The van der Waals surface area contributed by atoms with E-state index in [-0.39, 0.29) is 5.92 Å². The molecule has 1 heterocycles. The van der Waals surface area contributed by atoms with Crippen molar-refractivity contribution in [3.63, 3.8) is 0 Å². The van der Waals surface area contributed by atoms with Gasteiger partial charge in [0, 0.05) is 13.1 Å². The normalized spacial score (nSPS) is 19.7. The molecular formula is C14H16N2O2. The van der Waals surface area contributed by atoms with Crippen molar-refractivity contribution in [2.45, 2.75) is 19.9 Å². The fourth-order valence-electron chi connectivity index (χ4n) is 2.36. The Bertz CT molecular complexity index is 505. The summed E-state index contributed by atoms with van der Waals surface area (Å²) in [4.78, 5) is 13.0. The molecule has 0 aromatic heterocycles. The Balaban J connectivity index is 2.03. The van der Waals surface area contributed by atoms with Gasteiger partial charge in [-0.15, -0.1) is 0 Å². The number of carboxylic acids is 1. The van der Waals surface area contributed by atoms with Crippen molar-refractivity contribution in [3.8, 4) is 6.07 Å². The van der Waals surface area contributed by atoms with Gasteiger partial charge in [-0.05, 0) is 43.1 Å². The highest BCUT2D eigenvalue weighted by Crippen LogP contribution is 2.20. The van der Waals surface area contributed by atoms with Crippen LogP contribution in [0.3, 0.4) is 0 Å². The van der Waals surface area contributed by atoms with Crippen molar-refractivity contribution in [2.24, 2.45) is 5.92 Å². The summed E-state index contributed by atoms with van der Waals surface area (Å²) < 4.78 is 0. The number of nitrogens with zero attached hydrogens (tertiary/aromatic N) is 2. The van der Waals surface area contributed by atoms with Gasteiger partial charge < -0.3 is 5.11 Å². The number of likely N-dealkylation sites (tertiary alicyclic amines) is 1. The Morgan fingerprint density at radius 2 is 2.39 bits per heavy atom. The number of hydrogen-bond acceptors (Lipinski definition) is 3. The number of benzene rings is 1. The zero-order valence-electron chi connectivity index (χ0n) is 10.4. The van der Waals surface area contributed by atoms with Crippen LogP contribution in [0.4, 0.5) is 0 Å². The Kier molecular flexibility index (Phi) is 3.63. The number of aryl methyl sites for hydroxylation is 1. The lowest BCUT2D eigenvalue weighted by Crippen LogP contribution is -2.23. The summed E-state index contributed by atoms with van der Waals surface area (Å²) >= 11 is 0. The van der Waals surface area contributed by atoms with E-state index in [1.807, 2.05) is 25.1 Å². The molecule has 0 saturated carbocycles. The van der Waals surface area contributed by atoms with E-state index in [0.29, 0.717) is 12.1 Å². The van der Waals surface area contributed by atoms with E-state index in [0.717, 1.165) is 25.1 Å². The molecule has 1 N–H and O–H groups in total. The number of hydrogen-bond donors (Lipinski definition) is 1. The third-order valence-corrected chi connectivity index (χ3v) is 3.49. The molecule has 1 aliphatic heterocycles. The molecule has 0 amide bonds. The summed E-state index contributed by atoms with van der Waals surface area (Å²) in [5, 5.41) is 17.8. The second-order valence-electron chi connectivity index (χ2n) is 4.81. The number of nitriles is 1. The minimum absolute atomic E-state index is 0.233. The largest absolute Gasteiger partial charge is 0.481 e. The first-order chi connectivity index (χ1) is 8.60. The monoisotopic (exact) mass is 244 g/mol. The maximum absolute atomic E-state index is 10.9. The predicted molar refractivity (Wildman–Crippen MR) is 66.9 cm³/mol. The molecule has 1 saturated heterocycles. The number of carboxylic acid groups (broad SMARTS) is 1. The summed E-state index contributed by atoms with van der Waals surface area (Å²) in [5.41, 5.74) is 2.92. The fraction of sp³-hybridized carbons (Fsp3) is 0.429. The van der Waals surface area contributed by atoms with E-state index >= 15 is 0 Å². The van der Waals surface area contributed by atoms with Gasteiger partial charge in [-0.25, -0.2) is 0 Å². The molecule has 1 unspecified atom stereocenters. The maximum atomic E-state index is 10.9. The molecule has 0 spiro atoms. The van der Waals surface area contributed by atoms with Crippen molar-refractivity contribution in [1.82, 2.24) is 4.90 Å². The quantitative estimate of drug-likeness (QED) is 0.880. The van der Waals surface area contributed by atoms with E-state index in [1.165, 1.54) is 5.56 Å². The minimum atomic E-state index is -0.700. The van der Waals surface area contributed by atoms with Crippen LogP contribution in [-0.4, -0.2) is 29.1 Å². The molecule has 1 atom stereocenters. The molecule has 2 rings (SSSR count). The van der Waals surface area contributed by atoms with E-state index in [1.54, 1.807) is 0 Å². The first kappa shape index (κ1) is 12.6. The van der Waals surface area contributed by atoms with Crippen molar-refractivity contribution in [1.29, 1.82) is 5.26 Å². The summed E-state index contributed by atoms with van der Waals surface area (Å²) in [7, 11) is 0. The number of rotatable bonds is 3. The minimum Gasteiger partial charge on any atom is -0.481 e. The first-order valence-electron chi connectivity index (χ1n) is 6.05. The van der Waals surface area contributed by atoms with Crippen LogP contribution in [0.2, 0.25) is 0 Å². The second-order valence-corrected chi connectivity index (χ2v) is 4.81. The Labute approximate surface area is 106 Å². The van der Waals surface area contributed by atoms with Gasteiger partial charge in [0.1, 0.15) is 0 Å². The van der Waals surface area contributed by atoms with Crippen molar-refractivity contribution >= 4 is 5.97 Å². The molecule has 1 fully saturated rings. The fourth-order valence-corrected chi connectivity index (χ4v) is 2.36.